The van der Waals surface area contributed by atoms with Gasteiger partial charge in [-0.2, -0.15) is 0 Å². The normalized spacial score (nSPS) is 11.7. The zero-order chi connectivity index (χ0) is 42.8. The number of anilines is 3. The number of furan rings is 1. The van der Waals surface area contributed by atoms with Crippen molar-refractivity contribution in [3.05, 3.63) is 243 Å². The Morgan fingerprint density at radius 1 is 0.308 bits per heavy atom. The highest BCUT2D eigenvalue weighted by molar-refractivity contribution is 6.28. The Morgan fingerprint density at radius 2 is 0.815 bits per heavy atom. The van der Waals surface area contributed by atoms with Crippen LogP contribution in [-0.2, 0) is 0 Å². The molecule has 0 bridgehead atoms. The van der Waals surface area contributed by atoms with Crippen LogP contribution in [0.25, 0.3) is 104 Å². The first-order valence-electron chi connectivity index (χ1n) is 22.2. The van der Waals surface area contributed by atoms with Gasteiger partial charge in [0.1, 0.15) is 11.2 Å². The van der Waals surface area contributed by atoms with Crippen LogP contribution >= 0.6 is 0 Å². The molecule has 3 nitrogen and oxygen atoms in total. The molecule has 0 spiro atoms. The van der Waals surface area contributed by atoms with Crippen LogP contribution in [0.2, 0.25) is 0 Å². The predicted molar refractivity (Wildman–Crippen MR) is 274 cm³/mol. The number of benzene rings is 11. The second-order valence-corrected chi connectivity index (χ2v) is 16.8. The smallest absolute Gasteiger partial charge is 0.138 e. The van der Waals surface area contributed by atoms with E-state index in [-0.39, 0.29) is 0 Å². The number of nitrogens with zero attached hydrogens (tertiary/aromatic N) is 2. The molecule has 0 fully saturated rings. The number of hydrogen-bond acceptors (Lipinski definition) is 2. The lowest BCUT2D eigenvalue weighted by Crippen LogP contribution is -2.10. The second kappa shape index (κ2) is 15.0. The van der Waals surface area contributed by atoms with E-state index in [1.807, 2.05) is 0 Å². The van der Waals surface area contributed by atoms with Crippen molar-refractivity contribution in [1.29, 1.82) is 0 Å². The Balaban J connectivity index is 1.13. The summed E-state index contributed by atoms with van der Waals surface area (Å²) in [5.41, 5.74) is 15.4. The maximum atomic E-state index is 6.81. The molecule has 0 radical (unpaired) electrons. The summed E-state index contributed by atoms with van der Waals surface area (Å²) in [4.78, 5) is 2.39. The van der Waals surface area contributed by atoms with Crippen molar-refractivity contribution in [3.8, 4) is 39.1 Å². The van der Waals surface area contributed by atoms with Gasteiger partial charge in [0.2, 0.25) is 0 Å². The van der Waals surface area contributed by atoms with Gasteiger partial charge in [-0.05, 0) is 98.6 Å². The summed E-state index contributed by atoms with van der Waals surface area (Å²) in [6.07, 6.45) is 0. The molecule has 304 valence electrons. The Labute approximate surface area is 376 Å². The number of para-hydroxylation sites is 1. The average molecular weight is 829 g/mol. The minimum Gasteiger partial charge on any atom is -0.456 e. The zero-order valence-electron chi connectivity index (χ0n) is 35.4. The van der Waals surface area contributed by atoms with Gasteiger partial charge in [0.05, 0.1) is 16.7 Å². The molecule has 13 rings (SSSR count). The molecule has 11 aromatic carbocycles. The molecule has 0 N–H and O–H groups in total. The van der Waals surface area contributed by atoms with E-state index in [4.69, 9.17) is 4.42 Å². The summed E-state index contributed by atoms with van der Waals surface area (Å²) in [5, 5.41) is 9.43. The van der Waals surface area contributed by atoms with Crippen LogP contribution in [0.3, 0.4) is 0 Å². The molecule has 0 saturated heterocycles. The number of aromatic nitrogens is 1. The summed E-state index contributed by atoms with van der Waals surface area (Å²) in [5.74, 6) is 0. The average Bonchev–Trinajstić information content (AvgIpc) is 3.91. The first-order valence-corrected chi connectivity index (χ1v) is 22.2. The highest BCUT2D eigenvalue weighted by Gasteiger charge is 2.25. The maximum Gasteiger partial charge on any atom is 0.138 e. The fourth-order valence-electron chi connectivity index (χ4n) is 10.2. The number of rotatable bonds is 7. The quantitative estimate of drug-likeness (QED) is 0.149. The van der Waals surface area contributed by atoms with E-state index in [1.54, 1.807) is 0 Å². The molecule has 0 amide bonds. The molecule has 65 heavy (non-hydrogen) atoms. The van der Waals surface area contributed by atoms with Crippen LogP contribution in [0.1, 0.15) is 0 Å². The maximum absolute atomic E-state index is 6.81. The minimum absolute atomic E-state index is 0.866. The molecule has 2 heterocycles. The van der Waals surface area contributed by atoms with Gasteiger partial charge in [-0.3, -0.25) is 0 Å². The van der Waals surface area contributed by atoms with Crippen molar-refractivity contribution in [3.63, 3.8) is 0 Å². The molecule has 2 aromatic heterocycles. The third-order valence-electron chi connectivity index (χ3n) is 13.2. The lowest BCUT2D eigenvalue weighted by molar-refractivity contribution is 0.669. The van der Waals surface area contributed by atoms with Crippen molar-refractivity contribution in [2.24, 2.45) is 0 Å². The molecule has 13 aromatic rings. The van der Waals surface area contributed by atoms with E-state index in [0.717, 1.165) is 66.7 Å². The Bertz CT molecular complexity index is 3820. The summed E-state index contributed by atoms with van der Waals surface area (Å²) < 4.78 is 9.29. The Morgan fingerprint density at radius 3 is 1.46 bits per heavy atom. The first kappa shape index (κ1) is 36.9. The molecule has 0 aliphatic heterocycles. The Kier molecular flexibility index (Phi) is 8.53. The lowest BCUT2D eigenvalue weighted by Gasteiger charge is -2.26. The van der Waals surface area contributed by atoms with Crippen LogP contribution in [0.5, 0.6) is 0 Å². The van der Waals surface area contributed by atoms with Crippen molar-refractivity contribution in [2.45, 2.75) is 0 Å². The van der Waals surface area contributed by atoms with Gasteiger partial charge in [0, 0.05) is 55.6 Å². The lowest BCUT2D eigenvalue weighted by atomic mass is 9.94. The molecule has 0 aliphatic rings. The zero-order valence-corrected chi connectivity index (χ0v) is 35.4. The van der Waals surface area contributed by atoms with Gasteiger partial charge in [-0.25, -0.2) is 0 Å². The van der Waals surface area contributed by atoms with Gasteiger partial charge in [-0.15, -0.1) is 0 Å². The predicted octanol–water partition coefficient (Wildman–Crippen LogP) is 17.5. The van der Waals surface area contributed by atoms with Crippen LogP contribution < -0.4 is 4.90 Å². The summed E-state index contributed by atoms with van der Waals surface area (Å²) in [7, 11) is 0. The Hall–Kier alpha value is -8.66. The highest BCUT2D eigenvalue weighted by atomic mass is 16.3. The molecular weight excluding hydrogens is 789 g/mol. The van der Waals surface area contributed by atoms with E-state index >= 15 is 0 Å². The van der Waals surface area contributed by atoms with Crippen LogP contribution in [0, 0.1) is 0 Å². The summed E-state index contributed by atoms with van der Waals surface area (Å²) in [6, 6.07) is 87.7. The van der Waals surface area contributed by atoms with Gasteiger partial charge < -0.3 is 13.9 Å². The monoisotopic (exact) mass is 828 g/mol. The number of hydrogen-bond donors (Lipinski definition) is 0. The van der Waals surface area contributed by atoms with E-state index in [9.17, 15) is 0 Å². The number of fused-ring (bicyclic) bond motifs is 9. The molecule has 0 atom stereocenters. The van der Waals surface area contributed by atoms with Gasteiger partial charge >= 0.3 is 0 Å². The van der Waals surface area contributed by atoms with E-state index in [0.29, 0.717) is 0 Å². The van der Waals surface area contributed by atoms with Crippen LogP contribution in [0.4, 0.5) is 17.1 Å². The highest BCUT2D eigenvalue weighted by Crippen LogP contribution is 2.49. The second-order valence-electron chi connectivity index (χ2n) is 16.8. The van der Waals surface area contributed by atoms with Gasteiger partial charge in [-0.1, -0.05) is 182 Å². The standard InChI is InChI=1S/C62H40N2O/c1-4-16-41(17-5-1)43-28-32-47(33-29-43)63(48-34-30-44(31-35-48)42-18-6-2-7-19-42)49-36-37-55-54(39-49)61-57(64(55)56-38-46-22-10-11-23-50(46)51-24-12-13-25-52(51)56)40-59-62(53-26-14-15-27-58(53)65-59)60(61)45-20-8-3-9-21-45/h1-40H. The summed E-state index contributed by atoms with van der Waals surface area (Å²) in [6.45, 7) is 0. The minimum atomic E-state index is 0.866. The largest absolute Gasteiger partial charge is 0.456 e. The van der Waals surface area contributed by atoms with Crippen molar-refractivity contribution >= 4 is 82.4 Å². The van der Waals surface area contributed by atoms with E-state index in [1.165, 1.54) is 54.7 Å². The van der Waals surface area contributed by atoms with Crippen molar-refractivity contribution in [2.75, 3.05) is 4.90 Å². The fraction of sp³-hybridized carbons (Fsp3) is 0. The van der Waals surface area contributed by atoms with Crippen LogP contribution in [0.15, 0.2) is 247 Å². The van der Waals surface area contributed by atoms with Crippen LogP contribution in [-0.4, -0.2) is 4.57 Å². The SMILES string of the molecule is c1ccc(-c2ccc(N(c3ccc(-c4ccccc4)cc3)c3ccc4c(c3)c3c(-c5ccccc5)c5c(cc3n4-c3cc4ccccc4c4ccccc34)oc3ccccc35)cc2)cc1. The summed E-state index contributed by atoms with van der Waals surface area (Å²) >= 11 is 0. The van der Waals surface area contributed by atoms with E-state index in [2.05, 4.69) is 252 Å². The topological polar surface area (TPSA) is 21.3 Å². The third-order valence-corrected chi connectivity index (χ3v) is 13.2. The molecular formula is C62H40N2O. The molecule has 0 saturated carbocycles. The first-order chi connectivity index (χ1) is 32.2. The molecule has 0 unspecified atom stereocenters. The third kappa shape index (κ3) is 6.05. The van der Waals surface area contributed by atoms with Gasteiger partial charge in [0.15, 0.2) is 0 Å². The molecule has 0 aliphatic carbocycles. The fourth-order valence-corrected chi connectivity index (χ4v) is 10.2. The van der Waals surface area contributed by atoms with Crippen molar-refractivity contribution in [1.82, 2.24) is 4.57 Å². The molecule has 3 heteroatoms. The van der Waals surface area contributed by atoms with Gasteiger partial charge in [0.25, 0.3) is 0 Å². The van der Waals surface area contributed by atoms with Crippen molar-refractivity contribution < 1.29 is 4.42 Å². The van der Waals surface area contributed by atoms with E-state index < -0.39 is 0 Å².